The number of rotatable bonds is 4. The van der Waals surface area contributed by atoms with Crippen LogP contribution in [-0.4, -0.2) is 11.9 Å². The normalized spacial score (nSPS) is 9.80. The predicted molar refractivity (Wildman–Crippen MR) is 78.4 cm³/mol. The molecule has 0 aromatic heterocycles. The summed E-state index contributed by atoms with van der Waals surface area (Å²) in [5.74, 6) is -0.157. The van der Waals surface area contributed by atoms with Gasteiger partial charge < -0.3 is 16.4 Å². The van der Waals surface area contributed by atoms with Crippen LogP contribution in [0.25, 0.3) is 0 Å². The lowest BCUT2D eigenvalue weighted by Crippen LogP contribution is -2.21. The first kappa shape index (κ1) is 13.6. The van der Waals surface area contributed by atoms with Crippen molar-refractivity contribution < 1.29 is 9.59 Å². The Morgan fingerprint density at radius 1 is 0.850 bits per heavy atom. The van der Waals surface area contributed by atoms with E-state index in [0.717, 1.165) is 5.56 Å². The quantitative estimate of drug-likeness (QED) is 0.796. The minimum atomic E-state index is -0.672. The fourth-order valence-corrected chi connectivity index (χ4v) is 1.81. The highest BCUT2D eigenvalue weighted by Crippen LogP contribution is 2.20. The summed E-state index contributed by atoms with van der Waals surface area (Å²) >= 11 is 0. The molecule has 102 valence electrons. The molecule has 0 aliphatic heterocycles. The fraction of sp³-hybridized carbons (Fsp3) is 0.0667. The van der Waals surface area contributed by atoms with Crippen LogP contribution in [0, 0.1) is 0 Å². The lowest BCUT2D eigenvalue weighted by Gasteiger charge is -2.11. The molecule has 5 nitrogen and oxygen atoms in total. The van der Waals surface area contributed by atoms with E-state index in [0.29, 0.717) is 11.4 Å². The van der Waals surface area contributed by atoms with Gasteiger partial charge in [-0.3, -0.25) is 4.79 Å². The molecule has 0 aliphatic carbocycles. The Morgan fingerprint density at radius 3 is 2.00 bits per heavy atom. The summed E-state index contributed by atoms with van der Waals surface area (Å²) in [6.07, 6.45) is 0.270. The zero-order valence-corrected chi connectivity index (χ0v) is 10.8. The maximum absolute atomic E-state index is 12.0. The van der Waals surface area contributed by atoms with Gasteiger partial charge in [0.1, 0.15) is 0 Å². The van der Waals surface area contributed by atoms with Crippen LogP contribution in [0.15, 0.2) is 54.6 Å². The van der Waals surface area contributed by atoms with Gasteiger partial charge in [-0.2, -0.15) is 0 Å². The highest BCUT2D eigenvalue weighted by Gasteiger charge is 2.08. The highest BCUT2D eigenvalue weighted by molar-refractivity contribution is 5.99. The minimum Gasteiger partial charge on any atom is -0.351 e. The second-order valence-corrected chi connectivity index (χ2v) is 4.25. The summed E-state index contributed by atoms with van der Waals surface area (Å²) in [6, 6.07) is 15.6. The molecule has 0 radical (unpaired) electrons. The molecule has 2 rings (SSSR count). The summed E-state index contributed by atoms with van der Waals surface area (Å²) in [4.78, 5) is 22.9. The van der Waals surface area contributed by atoms with Crippen LogP contribution in [0.4, 0.5) is 16.2 Å². The maximum atomic E-state index is 12.0. The van der Waals surface area contributed by atoms with Crippen molar-refractivity contribution in [2.24, 2.45) is 5.73 Å². The smallest absolute Gasteiger partial charge is 0.316 e. The summed E-state index contributed by atoms with van der Waals surface area (Å²) in [5.41, 5.74) is 7.00. The molecule has 0 fully saturated rings. The molecule has 2 aromatic carbocycles. The largest absolute Gasteiger partial charge is 0.351 e. The number of urea groups is 1. The van der Waals surface area contributed by atoms with Crippen LogP contribution < -0.4 is 16.4 Å². The zero-order valence-electron chi connectivity index (χ0n) is 10.8. The van der Waals surface area contributed by atoms with Crippen molar-refractivity contribution in [3.05, 3.63) is 60.2 Å². The summed E-state index contributed by atoms with van der Waals surface area (Å²) in [5, 5.41) is 5.22. The predicted octanol–water partition coefficient (Wildman–Crippen LogP) is 2.36. The van der Waals surface area contributed by atoms with E-state index in [1.54, 1.807) is 24.3 Å². The number of nitrogens with one attached hydrogen (secondary N) is 2. The van der Waals surface area contributed by atoms with Gasteiger partial charge in [-0.25, -0.2) is 4.79 Å². The average Bonchev–Trinajstić information content (AvgIpc) is 2.41. The Morgan fingerprint density at radius 2 is 1.40 bits per heavy atom. The molecule has 0 spiro atoms. The van der Waals surface area contributed by atoms with Crippen molar-refractivity contribution in [2.45, 2.75) is 6.42 Å². The summed E-state index contributed by atoms with van der Waals surface area (Å²) in [7, 11) is 0. The van der Waals surface area contributed by atoms with Crippen LogP contribution >= 0.6 is 0 Å². The number of amides is 3. The van der Waals surface area contributed by atoms with Gasteiger partial charge >= 0.3 is 6.03 Å². The van der Waals surface area contributed by atoms with E-state index in [-0.39, 0.29) is 12.3 Å². The number of hydrogen-bond donors (Lipinski definition) is 3. The molecule has 0 unspecified atom stereocenters. The van der Waals surface area contributed by atoms with Crippen LogP contribution in [0.5, 0.6) is 0 Å². The van der Waals surface area contributed by atoms with Gasteiger partial charge in [-0.05, 0) is 17.7 Å². The molecule has 0 aliphatic rings. The third-order valence-electron chi connectivity index (χ3n) is 2.67. The van der Waals surface area contributed by atoms with Gasteiger partial charge in [0.15, 0.2) is 0 Å². The first-order chi connectivity index (χ1) is 9.65. The number of nitrogens with two attached hydrogens (primary N) is 1. The van der Waals surface area contributed by atoms with Gasteiger partial charge in [0.05, 0.1) is 17.8 Å². The monoisotopic (exact) mass is 269 g/mol. The van der Waals surface area contributed by atoms with Crippen molar-refractivity contribution in [3.8, 4) is 0 Å². The Balaban J connectivity index is 2.06. The van der Waals surface area contributed by atoms with Crippen LogP contribution in [0.2, 0.25) is 0 Å². The molecule has 0 atom stereocenters. The van der Waals surface area contributed by atoms with Gasteiger partial charge in [0, 0.05) is 0 Å². The number of para-hydroxylation sites is 2. The second kappa shape index (κ2) is 6.38. The molecule has 0 heterocycles. The molecule has 5 heteroatoms. The van der Waals surface area contributed by atoms with E-state index in [1.807, 2.05) is 30.3 Å². The SMILES string of the molecule is NC(=O)Nc1ccccc1NC(=O)Cc1ccccc1. The van der Waals surface area contributed by atoms with E-state index in [2.05, 4.69) is 10.6 Å². The zero-order chi connectivity index (χ0) is 14.4. The Kier molecular flexibility index (Phi) is 4.34. The van der Waals surface area contributed by atoms with Crippen LogP contribution in [-0.2, 0) is 11.2 Å². The molecular weight excluding hydrogens is 254 g/mol. The highest BCUT2D eigenvalue weighted by atomic mass is 16.2. The molecular formula is C15H15N3O2. The lowest BCUT2D eigenvalue weighted by molar-refractivity contribution is -0.115. The Hall–Kier alpha value is -2.82. The van der Waals surface area contributed by atoms with Crippen molar-refractivity contribution in [2.75, 3.05) is 10.6 Å². The topological polar surface area (TPSA) is 84.2 Å². The van der Waals surface area contributed by atoms with Crippen molar-refractivity contribution in [1.82, 2.24) is 0 Å². The first-order valence-electron chi connectivity index (χ1n) is 6.14. The maximum Gasteiger partial charge on any atom is 0.316 e. The molecule has 0 saturated carbocycles. The third-order valence-corrected chi connectivity index (χ3v) is 2.67. The van der Waals surface area contributed by atoms with Gasteiger partial charge in [-0.15, -0.1) is 0 Å². The molecule has 0 bridgehead atoms. The summed E-state index contributed by atoms with van der Waals surface area (Å²) in [6.45, 7) is 0. The first-order valence-corrected chi connectivity index (χ1v) is 6.14. The number of carbonyl (C=O) groups excluding carboxylic acids is 2. The lowest BCUT2D eigenvalue weighted by atomic mass is 10.1. The van der Waals surface area contributed by atoms with Gasteiger partial charge in [0.2, 0.25) is 5.91 Å². The van der Waals surface area contributed by atoms with Crippen LogP contribution in [0.1, 0.15) is 5.56 Å². The summed E-state index contributed by atoms with van der Waals surface area (Å²) < 4.78 is 0. The average molecular weight is 269 g/mol. The van der Waals surface area contributed by atoms with E-state index >= 15 is 0 Å². The second-order valence-electron chi connectivity index (χ2n) is 4.25. The van der Waals surface area contributed by atoms with E-state index < -0.39 is 6.03 Å². The standard InChI is InChI=1S/C15H15N3O2/c16-15(20)18-13-9-5-4-8-12(13)17-14(19)10-11-6-2-1-3-7-11/h1-9H,10H2,(H,17,19)(H3,16,18,20). The number of primary amides is 1. The number of hydrogen-bond acceptors (Lipinski definition) is 2. The minimum absolute atomic E-state index is 0.157. The van der Waals surface area contributed by atoms with E-state index in [9.17, 15) is 9.59 Å². The van der Waals surface area contributed by atoms with Gasteiger partial charge in [0.25, 0.3) is 0 Å². The third kappa shape index (κ3) is 3.84. The number of anilines is 2. The van der Waals surface area contributed by atoms with E-state index in [1.165, 1.54) is 0 Å². The molecule has 20 heavy (non-hydrogen) atoms. The van der Waals surface area contributed by atoms with Crippen molar-refractivity contribution in [1.29, 1.82) is 0 Å². The molecule has 3 amide bonds. The molecule has 4 N–H and O–H groups in total. The van der Waals surface area contributed by atoms with Crippen LogP contribution in [0.3, 0.4) is 0 Å². The Bertz CT molecular complexity index is 612. The molecule has 0 saturated heterocycles. The molecule has 2 aromatic rings. The number of carbonyl (C=O) groups is 2. The van der Waals surface area contributed by atoms with Crippen molar-refractivity contribution in [3.63, 3.8) is 0 Å². The Labute approximate surface area is 116 Å². The number of benzene rings is 2. The fourth-order valence-electron chi connectivity index (χ4n) is 1.81. The van der Waals surface area contributed by atoms with E-state index in [4.69, 9.17) is 5.73 Å². The van der Waals surface area contributed by atoms with Crippen molar-refractivity contribution >= 4 is 23.3 Å². The van der Waals surface area contributed by atoms with Gasteiger partial charge in [-0.1, -0.05) is 42.5 Å².